The van der Waals surface area contributed by atoms with Gasteiger partial charge >= 0.3 is 11.8 Å². The number of H-pyrrole nitrogens is 1. The lowest BCUT2D eigenvalue weighted by Crippen LogP contribution is -2.46. The molecule has 0 aromatic carbocycles. The van der Waals surface area contributed by atoms with Gasteiger partial charge in [0.05, 0.1) is 17.0 Å². The minimum Gasteiger partial charge on any atom is -0.411 e. The molecular weight excluding hydrogens is 559 g/mol. The number of allylic oxidation sites excluding steroid dienone is 1. The molecule has 2 aliphatic rings. The third kappa shape index (κ3) is 7.35. The smallest absolute Gasteiger partial charge is 0.411 e. The van der Waals surface area contributed by atoms with Gasteiger partial charge in [0.15, 0.2) is 8.32 Å². The maximum Gasteiger partial charge on any atom is 0.415 e. The molecule has 2 fully saturated rings. The van der Waals surface area contributed by atoms with Crippen LogP contribution in [0.1, 0.15) is 72.1 Å². The largest absolute Gasteiger partial charge is 0.415 e. The van der Waals surface area contributed by atoms with Crippen molar-refractivity contribution in [1.29, 1.82) is 0 Å². The van der Waals surface area contributed by atoms with Crippen molar-refractivity contribution in [2.75, 3.05) is 6.61 Å². The van der Waals surface area contributed by atoms with Gasteiger partial charge in [0, 0.05) is 18.2 Å². The molecule has 7 atom stereocenters. The summed E-state index contributed by atoms with van der Waals surface area (Å²) in [6.45, 7) is 21.0. The van der Waals surface area contributed by atoms with E-state index in [4.69, 9.17) is 25.5 Å². The van der Waals surface area contributed by atoms with Crippen molar-refractivity contribution < 1.29 is 18.8 Å². The van der Waals surface area contributed by atoms with Crippen molar-refractivity contribution in [3.8, 4) is 0 Å². The second-order valence-electron chi connectivity index (χ2n) is 12.5. The second kappa shape index (κ2) is 12.1. The highest BCUT2D eigenvalue weighted by Crippen LogP contribution is 2.55. The summed E-state index contributed by atoms with van der Waals surface area (Å²) in [7, 11) is -2.15. The summed E-state index contributed by atoms with van der Waals surface area (Å²) in [4.78, 5) is 26.8. The number of rotatable bonds is 9. The Balaban J connectivity index is 1.73. The highest BCUT2D eigenvalue weighted by atomic mass is 32.9. The van der Waals surface area contributed by atoms with E-state index in [9.17, 15) is 14.7 Å². The SMILES string of the molecule is C=C(C)[C@@H]1CC[C@](C)(S[P+](=S)OC[C@H]2O[C@@H](n3cc(C)c(=O)[nH]c3=O)CC2O[Si](C)(C)C(C)(C)C)[C@@H](O)C1. The molecule has 38 heavy (non-hydrogen) atoms. The molecule has 1 aromatic rings. The maximum atomic E-state index is 12.6. The molecule has 1 aliphatic heterocycles. The molecule has 0 radical (unpaired) electrons. The Hall–Kier alpha value is -0.653. The highest BCUT2D eigenvalue weighted by molar-refractivity contribution is 8.63. The van der Waals surface area contributed by atoms with Gasteiger partial charge in [-0.3, -0.25) is 14.3 Å². The van der Waals surface area contributed by atoms with Gasteiger partial charge in [0.25, 0.3) is 5.56 Å². The van der Waals surface area contributed by atoms with E-state index in [1.807, 2.05) is 6.92 Å². The zero-order valence-corrected chi connectivity index (χ0v) is 27.4. The summed E-state index contributed by atoms with van der Waals surface area (Å²) in [5.41, 5.74) is 0.644. The fourth-order valence-electron chi connectivity index (χ4n) is 4.65. The van der Waals surface area contributed by atoms with Gasteiger partial charge in [-0.25, -0.2) is 4.79 Å². The summed E-state index contributed by atoms with van der Waals surface area (Å²) in [6.07, 6.45) is 1.47. The Kier molecular flexibility index (Phi) is 10.1. The number of nitrogens with zero attached hydrogens (tertiary/aromatic N) is 1. The average Bonchev–Trinajstić information content (AvgIpc) is 3.17. The minimum absolute atomic E-state index is 0.00421. The van der Waals surface area contributed by atoms with E-state index < -0.39 is 44.1 Å². The molecule has 0 bridgehead atoms. The van der Waals surface area contributed by atoms with Gasteiger partial charge in [0.1, 0.15) is 30.3 Å². The van der Waals surface area contributed by atoms with Crippen molar-refractivity contribution in [2.45, 2.75) is 115 Å². The number of aliphatic hydroxyl groups excluding tert-OH is 1. The van der Waals surface area contributed by atoms with Crippen molar-refractivity contribution in [3.63, 3.8) is 0 Å². The zero-order valence-electron chi connectivity index (χ0n) is 23.9. The lowest BCUT2D eigenvalue weighted by molar-refractivity contribution is -0.0365. The molecule has 12 heteroatoms. The highest BCUT2D eigenvalue weighted by Gasteiger charge is 2.48. The Morgan fingerprint density at radius 1 is 1.39 bits per heavy atom. The molecule has 2 unspecified atom stereocenters. The summed E-state index contributed by atoms with van der Waals surface area (Å²) in [5.74, 6) is 0.341. The van der Waals surface area contributed by atoms with Crippen molar-refractivity contribution in [3.05, 3.63) is 44.8 Å². The number of aromatic amines is 1. The average molecular weight is 604 g/mol. The summed E-state index contributed by atoms with van der Waals surface area (Å²) < 4.78 is 20.3. The topological polar surface area (TPSA) is 103 Å². The van der Waals surface area contributed by atoms with Crippen molar-refractivity contribution in [2.24, 2.45) is 5.92 Å². The van der Waals surface area contributed by atoms with Crippen LogP contribution in [0.5, 0.6) is 0 Å². The van der Waals surface area contributed by atoms with Crippen LogP contribution < -0.4 is 11.2 Å². The van der Waals surface area contributed by atoms with E-state index in [0.717, 1.165) is 18.4 Å². The Bertz CT molecular complexity index is 1170. The Morgan fingerprint density at radius 3 is 2.63 bits per heavy atom. The third-order valence-electron chi connectivity index (χ3n) is 8.41. The van der Waals surface area contributed by atoms with Crippen LogP contribution in [0.2, 0.25) is 18.1 Å². The van der Waals surface area contributed by atoms with Crippen LogP contribution in [0.4, 0.5) is 0 Å². The number of ether oxygens (including phenoxy) is 1. The van der Waals surface area contributed by atoms with E-state index in [2.05, 4.69) is 52.4 Å². The fourth-order valence-corrected chi connectivity index (χ4v) is 10.8. The first-order valence-electron chi connectivity index (χ1n) is 13.2. The molecule has 1 aliphatic carbocycles. The molecular formula is C26H44N2O6PS2Si+. The lowest BCUT2D eigenvalue weighted by atomic mass is 9.77. The molecule has 1 saturated heterocycles. The van der Waals surface area contributed by atoms with Crippen LogP contribution in [0.15, 0.2) is 27.9 Å². The zero-order chi connectivity index (χ0) is 28.6. The first-order chi connectivity index (χ1) is 17.4. The molecule has 2 heterocycles. The maximum absolute atomic E-state index is 12.6. The van der Waals surface area contributed by atoms with Gasteiger partial charge < -0.3 is 14.3 Å². The number of aromatic nitrogens is 2. The molecule has 214 valence electrons. The lowest BCUT2D eigenvalue weighted by Gasteiger charge is -2.39. The molecule has 2 N–H and O–H groups in total. The number of aliphatic hydroxyl groups is 1. The third-order valence-corrected chi connectivity index (χ3v) is 17.3. The summed E-state index contributed by atoms with van der Waals surface area (Å²) in [6, 6.07) is 0. The van der Waals surface area contributed by atoms with E-state index in [1.54, 1.807) is 18.3 Å². The molecule has 3 rings (SSSR count). The quantitative estimate of drug-likeness (QED) is 0.215. The number of hydrogen-bond acceptors (Lipinski definition) is 8. The van der Waals surface area contributed by atoms with Crippen molar-refractivity contribution in [1.82, 2.24) is 9.55 Å². The molecule has 8 nitrogen and oxygen atoms in total. The van der Waals surface area contributed by atoms with E-state index in [0.29, 0.717) is 24.3 Å². The molecule has 1 aromatic heterocycles. The Labute approximate surface area is 237 Å². The van der Waals surface area contributed by atoms with Crippen LogP contribution in [0.25, 0.3) is 0 Å². The number of hydrogen-bond donors (Lipinski definition) is 2. The molecule has 1 saturated carbocycles. The number of aryl methyl sites for hydroxylation is 1. The van der Waals surface area contributed by atoms with Gasteiger partial charge in [-0.1, -0.05) is 32.9 Å². The Morgan fingerprint density at radius 2 is 2.05 bits per heavy atom. The van der Waals surface area contributed by atoms with Gasteiger partial charge in [-0.15, -0.1) is 0 Å². The van der Waals surface area contributed by atoms with E-state index in [1.165, 1.54) is 10.8 Å². The summed E-state index contributed by atoms with van der Waals surface area (Å²) in [5, 5.41) is 10.9. The normalized spacial score (nSPS) is 30.9. The van der Waals surface area contributed by atoms with E-state index in [-0.39, 0.29) is 22.5 Å². The van der Waals surface area contributed by atoms with Crippen LogP contribution in [0, 0.1) is 12.8 Å². The van der Waals surface area contributed by atoms with Crippen LogP contribution >= 0.6 is 17.5 Å². The minimum atomic E-state index is -2.15. The van der Waals surface area contributed by atoms with Gasteiger partial charge in [-0.05, 0) is 64.1 Å². The van der Waals surface area contributed by atoms with Crippen LogP contribution in [-0.2, 0) is 25.5 Å². The van der Waals surface area contributed by atoms with Crippen molar-refractivity contribution >= 4 is 37.6 Å². The molecule has 0 amide bonds. The second-order valence-corrected chi connectivity index (χ2v) is 22.3. The number of nitrogens with one attached hydrogen (secondary N) is 1. The predicted octanol–water partition coefficient (Wildman–Crippen LogP) is 5.54. The fraction of sp³-hybridized carbons (Fsp3) is 0.769. The monoisotopic (exact) mass is 603 g/mol. The first kappa shape index (κ1) is 31.9. The predicted molar refractivity (Wildman–Crippen MR) is 161 cm³/mol. The van der Waals surface area contributed by atoms with Crippen LogP contribution in [-0.4, -0.2) is 52.6 Å². The van der Waals surface area contributed by atoms with E-state index >= 15 is 0 Å². The standard InChI is InChI=1S/C26H43N2O6PS2Si/c1-16(2)18-10-11-26(7,21(29)12-18)37-35(36)32-15-20-19(34-38(8,9)25(4,5)6)13-22(33-20)28-14-17(3)23(30)27-24(28)31/h14,18-22,29H,1,10-13,15H2,2-9H3/p+1/t18-,19?,20-,21+,22-,26+/m1/s1. The van der Waals surface area contributed by atoms with Gasteiger partial charge in [0.2, 0.25) is 11.8 Å². The van der Waals surface area contributed by atoms with Crippen LogP contribution in [0.3, 0.4) is 0 Å². The summed E-state index contributed by atoms with van der Waals surface area (Å²) >= 11 is 7.28. The molecule has 0 spiro atoms. The van der Waals surface area contributed by atoms with Gasteiger partial charge in [-0.2, -0.15) is 4.52 Å². The first-order valence-corrected chi connectivity index (χ1v) is 19.8.